The molecule has 0 aliphatic rings. The van der Waals surface area contributed by atoms with Gasteiger partial charge in [-0.3, -0.25) is 0 Å². The standard InChI is InChI=1S/C14H12BrN3O/c1-19-14-5-4-10(6-12(14)15)18-11-3-2-9(8-16)13(17)7-11/h2-7,18H,17H2,1H3. The molecule has 0 bridgehead atoms. The highest BCUT2D eigenvalue weighted by Crippen LogP contribution is 2.29. The number of methoxy groups -OCH3 is 1. The van der Waals surface area contributed by atoms with Gasteiger partial charge < -0.3 is 15.8 Å². The summed E-state index contributed by atoms with van der Waals surface area (Å²) in [4.78, 5) is 0. The van der Waals surface area contributed by atoms with Crippen LogP contribution in [-0.4, -0.2) is 7.11 Å². The van der Waals surface area contributed by atoms with Crippen LogP contribution in [0.4, 0.5) is 17.1 Å². The highest BCUT2D eigenvalue weighted by molar-refractivity contribution is 9.10. The molecule has 0 fully saturated rings. The predicted molar refractivity (Wildman–Crippen MR) is 79.5 cm³/mol. The fourth-order valence-electron chi connectivity index (χ4n) is 1.65. The van der Waals surface area contributed by atoms with Crippen molar-refractivity contribution in [2.75, 3.05) is 18.2 Å². The van der Waals surface area contributed by atoms with Gasteiger partial charge in [-0.2, -0.15) is 5.26 Å². The molecule has 0 radical (unpaired) electrons. The quantitative estimate of drug-likeness (QED) is 0.847. The Kier molecular flexibility index (Phi) is 3.93. The van der Waals surface area contributed by atoms with E-state index in [9.17, 15) is 0 Å². The molecule has 4 nitrogen and oxygen atoms in total. The van der Waals surface area contributed by atoms with Crippen molar-refractivity contribution in [3.63, 3.8) is 0 Å². The Morgan fingerprint density at radius 1 is 1.21 bits per heavy atom. The summed E-state index contributed by atoms with van der Waals surface area (Å²) in [7, 11) is 1.62. The molecule has 2 rings (SSSR count). The van der Waals surface area contributed by atoms with Crippen LogP contribution in [0.2, 0.25) is 0 Å². The van der Waals surface area contributed by atoms with Crippen molar-refractivity contribution in [3.8, 4) is 11.8 Å². The largest absolute Gasteiger partial charge is 0.496 e. The summed E-state index contributed by atoms with van der Waals surface area (Å²) in [6, 6.07) is 12.9. The fraction of sp³-hybridized carbons (Fsp3) is 0.0714. The van der Waals surface area contributed by atoms with E-state index in [2.05, 4.69) is 21.2 Å². The van der Waals surface area contributed by atoms with Crippen molar-refractivity contribution in [2.24, 2.45) is 0 Å². The molecule has 2 aromatic rings. The maximum atomic E-state index is 8.82. The summed E-state index contributed by atoms with van der Waals surface area (Å²) in [6.07, 6.45) is 0. The summed E-state index contributed by atoms with van der Waals surface area (Å²) < 4.78 is 6.03. The Morgan fingerprint density at radius 3 is 2.47 bits per heavy atom. The zero-order valence-electron chi connectivity index (χ0n) is 10.3. The molecular formula is C14H12BrN3O. The topological polar surface area (TPSA) is 71.1 Å². The van der Waals surface area contributed by atoms with E-state index in [1.807, 2.05) is 30.3 Å². The molecule has 0 unspecified atom stereocenters. The molecule has 19 heavy (non-hydrogen) atoms. The number of hydrogen-bond acceptors (Lipinski definition) is 4. The van der Waals surface area contributed by atoms with E-state index in [4.69, 9.17) is 15.7 Å². The van der Waals surface area contributed by atoms with Crippen LogP contribution in [0.1, 0.15) is 5.56 Å². The summed E-state index contributed by atoms with van der Waals surface area (Å²) in [5.41, 5.74) is 8.43. The third-order valence-corrected chi connectivity index (χ3v) is 3.23. The van der Waals surface area contributed by atoms with E-state index in [1.54, 1.807) is 19.2 Å². The third kappa shape index (κ3) is 2.98. The number of hydrogen-bond donors (Lipinski definition) is 2. The van der Waals surface area contributed by atoms with Gasteiger partial charge in [0.2, 0.25) is 0 Å². The van der Waals surface area contributed by atoms with Crippen LogP contribution in [0.25, 0.3) is 0 Å². The number of nitrogen functional groups attached to an aromatic ring is 1. The van der Waals surface area contributed by atoms with E-state index in [0.717, 1.165) is 21.6 Å². The van der Waals surface area contributed by atoms with Gasteiger partial charge in [0, 0.05) is 11.4 Å². The molecule has 0 aliphatic carbocycles. The van der Waals surface area contributed by atoms with Crippen molar-refractivity contribution < 1.29 is 4.74 Å². The first-order chi connectivity index (χ1) is 9.13. The monoisotopic (exact) mass is 317 g/mol. The molecular weight excluding hydrogens is 306 g/mol. The van der Waals surface area contributed by atoms with E-state index in [0.29, 0.717) is 11.3 Å². The van der Waals surface area contributed by atoms with Crippen LogP contribution in [0.5, 0.6) is 5.75 Å². The van der Waals surface area contributed by atoms with Gasteiger partial charge in [0.1, 0.15) is 11.8 Å². The fourth-order valence-corrected chi connectivity index (χ4v) is 2.19. The minimum absolute atomic E-state index is 0.458. The van der Waals surface area contributed by atoms with Gasteiger partial charge >= 0.3 is 0 Å². The summed E-state index contributed by atoms with van der Waals surface area (Å²) >= 11 is 3.43. The zero-order chi connectivity index (χ0) is 13.8. The first kappa shape index (κ1) is 13.2. The van der Waals surface area contributed by atoms with Crippen LogP contribution in [0, 0.1) is 11.3 Å². The summed E-state index contributed by atoms with van der Waals surface area (Å²) in [5.74, 6) is 0.768. The van der Waals surface area contributed by atoms with Crippen molar-refractivity contribution >= 4 is 33.0 Å². The molecule has 3 N–H and O–H groups in total. The minimum atomic E-state index is 0.458. The van der Waals surface area contributed by atoms with E-state index in [-0.39, 0.29) is 0 Å². The average molecular weight is 318 g/mol. The Bertz CT molecular complexity index is 650. The molecule has 0 spiro atoms. The molecule has 0 amide bonds. The van der Waals surface area contributed by atoms with E-state index < -0.39 is 0 Å². The number of anilines is 3. The van der Waals surface area contributed by atoms with Crippen molar-refractivity contribution in [3.05, 3.63) is 46.4 Å². The molecule has 0 aliphatic heterocycles. The second kappa shape index (κ2) is 5.63. The van der Waals surface area contributed by atoms with Crippen molar-refractivity contribution in [1.82, 2.24) is 0 Å². The van der Waals surface area contributed by atoms with Crippen LogP contribution in [0.3, 0.4) is 0 Å². The first-order valence-corrected chi connectivity index (χ1v) is 6.33. The second-order valence-electron chi connectivity index (χ2n) is 3.89. The van der Waals surface area contributed by atoms with Crippen molar-refractivity contribution in [1.29, 1.82) is 5.26 Å². The lowest BCUT2D eigenvalue weighted by molar-refractivity contribution is 0.412. The van der Waals surface area contributed by atoms with Gasteiger partial charge in [0.15, 0.2) is 0 Å². The van der Waals surface area contributed by atoms with Crippen molar-refractivity contribution in [2.45, 2.75) is 0 Å². The molecule has 96 valence electrons. The number of nitriles is 1. The molecule has 0 atom stereocenters. The number of rotatable bonds is 3. The maximum absolute atomic E-state index is 8.82. The maximum Gasteiger partial charge on any atom is 0.133 e. The van der Waals surface area contributed by atoms with Gasteiger partial charge in [-0.05, 0) is 52.3 Å². The SMILES string of the molecule is COc1ccc(Nc2ccc(C#N)c(N)c2)cc1Br. The number of nitrogens with one attached hydrogen (secondary N) is 1. The molecule has 5 heteroatoms. The van der Waals surface area contributed by atoms with Gasteiger partial charge in [0.05, 0.1) is 22.8 Å². The van der Waals surface area contributed by atoms with E-state index in [1.165, 1.54) is 0 Å². The van der Waals surface area contributed by atoms with Gasteiger partial charge in [-0.15, -0.1) is 0 Å². The predicted octanol–water partition coefficient (Wildman–Crippen LogP) is 3.66. The van der Waals surface area contributed by atoms with Crippen LogP contribution < -0.4 is 15.8 Å². The zero-order valence-corrected chi connectivity index (χ0v) is 11.9. The molecule has 0 aromatic heterocycles. The lowest BCUT2D eigenvalue weighted by atomic mass is 10.1. The molecule has 2 aromatic carbocycles. The van der Waals surface area contributed by atoms with Gasteiger partial charge in [-0.1, -0.05) is 0 Å². The number of halogens is 1. The highest BCUT2D eigenvalue weighted by Gasteiger charge is 2.03. The van der Waals surface area contributed by atoms with Crippen LogP contribution in [0.15, 0.2) is 40.9 Å². The molecule has 0 saturated heterocycles. The Labute approximate surface area is 119 Å². The Balaban J connectivity index is 2.24. The minimum Gasteiger partial charge on any atom is -0.496 e. The molecule has 0 saturated carbocycles. The van der Waals surface area contributed by atoms with Crippen LogP contribution in [-0.2, 0) is 0 Å². The van der Waals surface area contributed by atoms with Gasteiger partial charge in [-0.25, -0.2) is 0 Å². The third-order valence-electron chi connectivity index (χ3n) is 2.61. The lowest BCUT2D eigenvalue weighted by Gasteiger charge is -2.10. The summed E-state index contributed by atoms with van der Waals surface area (Å²) in [6.45, 7) is 0. The number of nitrogens with zero attached hydrogens (tertiary/aromatic N) is 1. The van der Waals surface area contributed by atoms with Crippen LogP contribution >= 0.6 is 15.9 Å². The summed E-state index contributed by atoms with van der Waals surface area (Å²) in [5, 5.41) is 12.0. The lowest BCUT2D eigenvalue weighted by Crippen LogP contribution is -1.95. The van der Waals surface area contributed by atoms with Gasteiger partial charge in [0.25, 0.3) is 0 Å². The van der Waals surface area contributed by atoms with E-state index >= 15 is 0 Å². The Morgan fingerprint density at radius 2 is 1.89 bits per heavy atom. The Hall–Kier alpha value is -2.19. The second-order valence-corrected chi connectivity index (χ2v) is 4.74. The number of benzene rings is 2. The first-order valence-electron chi connectivity index (χ1n) is 5.54. The smallest absolute Gasteiger partial charge is 0.133 e. The number of ether oxygens (including phenoxy) is 1. The normalized spacial score (nSPS) is 9.74. The molecule has 0 heterocycles. The number of nitrogens with two attached hydrogens (primary N) is 1. The highest BCUT2D eigenvalue weighted by atomic mass is 79.9. The average Bonchev–Trinajstić information content (AvgIpc) is 2.39.